The standard InChI is InChI=1S/C18H16Cl2N6O/c19-13-2-3-14(15(20)12-13)18(27)25-10-8-24(9-11-25)16-4-5-17(23-22-16)26-7-1-6-21-26/h1-7,12H,8-11H2. The summed E-state index contributed by atoms with van der Waals surface area (Å²) in [6.07, 6.45) is 3.51. The number of carbonyl (C=O) groups excluding carboxylic acids is 1. The van der Waals surface area contributed by atoms with Crippen LogP contribution >= 0.6 is 23.2 Å². The summed E-state index contributed by atoms with van der Waals surface area (Å²) in [5, 5.41) is 13.5. The number of benzene rings is 1. The molecule has 1 aromatic carbocycles. The SMILES string of the molecule is O=C(c1ccc(Cl)cc1Cl)N1CCN(c2ccc(-n3cccn3)nn2)CC1. The predicted octanol–water partition coefficient (Wildman–Crippen LogP) is 2.93. The minimum absolute atomic E-state index is 0.0866. The molecule has 9 heteroatoms. The molecule has 0 bridgehead atoms. The van der Waals surface area contributed by atoms with Gasteiger partial charge in [0.25, 0.3) is 5.91 Å². The van der Waals surface area contributed by atoms with E-state index in [0.29, 0.717) is 47.6 Å². The zero-order valence-electron chi connectivity index (χ0n) is 14.3. The maximum atomic E-state index is 12.7. The second kappa shape index (κ2) is 7.54. The van der Waals surface area contributed by atoms with E-state index in [-0.39, 0.29) is 5.91 Å². The second-order valence-electron chi connectivity index (χ2n) is 6.10. The fraction of sp³-hybridized carbons (Fsp3) is 0.222. The van der Waals surface area contributed by atoms with Gasteiger partial charge in [-0.1, -0.05) is 23.2 Å². The smallest absolute Gasteiger partial charge is 0.255 e. The molecule has 1 aliphatic heterocycles. The lowest BCUT2D eigenvalue weighted by Crippen LogP contribution is -2.49. The Kier molecular flexibility index (Phi) is 4.96. The first-order valence-electron chi connectivity index (χ1n) is 8.45. The molecule has 0 saturated carbocycles. The molecule has 138 valence electrons. The number of amides is 1. The third-order valence-electron chi connectivity index (χ3n) is 4.43. The van der Waals surface area contributed by atoms with E-state index in [1.165, 1.54) is 0 Å². The van der Waals surface area contributed by atoms with Crippen LogP contribution in [0.1, 0.15) is 10.4 Å². The summed E-state index contributed by atoms with van der Waals surface area (Å²) in [5.74, 6) is 1.36. The molecular weight excluding hydrogens is 387 g/mol. The van der Waals surface area contributed by atoms with Crippen molar-refractivity contribution in [3.05, 3.63) is 64.4 Å². The molecular formula is C18H16Cl2N6O. The Labute approximate surface area is 166 Å². The molecule has 0 N–H and O–H groups in total. The van der Waals surface area contributed by atoms with Gasteiger partial charge in [0.2, 0.25) is 0 Å². The molecule has 27 heavy (non-hydrogen) atoms. The van der Waals surface area contributed by atoms with Crippen molar-refractivity contribution < 1.29 is 4.79 Å². The highest BCUT2D eigenvalue weighted by atomic mass is 35.5. The zero-order valence-corrected chi connectivity index (χ0v) is 15.8. The molecule has 0 spiro atoms. The van der Waals surface area contributed by atoms with E-state index in [4.69, 9.17) is 23.2 Å². The average molecular weight is 403 g/mol. The Morgan fingerprint density at radius 2 is 1.70 bits per heavy atom. The first-order chi connectivity index (χ1) is 13.1. The van der Waals surface area contributed by atoms with E-state index >= 15 is 0 Å². The van der Waals surface area contributed by atoms with Crippen molar-refractivity contribution in [3.8, 4) is 5.82 Å². The number of rotatable bonds is 3. The van der Waals surface area contributed by atoms with Crippen LogP contribution in [0, 0.1) is 0 Å². The van der Waals surface area contributed by atoms with Crippen molar-refractivity contribution in [2.75, 3.05) is 31.1 Å². The van der Waals surface area contributed by atoms with E-state index < -0.39 is 0 Å². The molecule has 0 aliphatic carbocycles. The average Bonchev–Trinajstić information content (AvgIpc) is 3.23. The molecule has 1 aliphatic rings. The van der Waals surface area contributed by atoms with Crippen molar-refractivity contribution in [3.63, 3.8) is 0 Å². The Hall–Kier alpha value is -2.64. The summed E-state index contributed by atoms with van der Waals surface area (Å²) in [7, 11) is 0. The van der Waals surface area contributed by atoms with Crippen LogP contribution in [0.5, 0.6) is 0 Å². The fourth-order valence-electron chi connectivity index (χ4n) is 2.99. The first-order valence-corrected chi connectivity index (χ1v) is 9.20. The van der Waals surface area contributed by atoms with Crippen molar-refractivity contribution >= 4 is 34.9 Å². The van der Waals surface area contributed by atoms with Crippen molar-refractivity contribution in [2.24, 2.45) is 0 Å². The summed E-state index contributed by atoms with van der Waals surface area (Å²) >= 11 is 12.1. The molecule has 0 radical (unpaired) electrons. The minimum Gasteiger partial charge on any atom is -0.352 e. The van der Waals surface area contributed by atoms with E-state index in [2.05, 4.69) is 20.2 Å². The monoisotopic (exact) mass is 402 g/mol. The molecule has 1 saturated heterocycles. The van der Waals surface area contributed by atoms with Gasteiger partial charge in [0.15, 0.2) is 11.6 Å². The van der Waals surface area contributed by atoms with E-state index in [0.717, 1.165) is 5.82 Å². The van der Waals surface area contributed by atoms with Gasteiger partial charge in [-0.2, -0.15) is 5.10 Å². The number of aromatic nitrogens is 4. The van der Waals surface area contributed by atoms with Crippen LogP contribution in [-0.2, 0) is 0 Å². The van der Waals surface area contributed by atoms with Gasteiger partial charge in [0.1, 0.15) is 0 Å². The maximum Gasteiger partial charge on any atom is 0.255 e. The predicted molar refractivity (Wildman–Crippen MR) is 104 cm³/mol. The lowest BCUT2D eigenvalue weighted by molar-refractivity contribution is 0.0746. The van der Waals surface area contributed by atoms with Crippen LogP contribution in [0.4, 0.5) is 5.82 Å². The lowest BCUT2D eigenvalue weighted by Gasteiger charge is -2.35. The number of halogens is 2. The Balaban J connectivity index is 1.40. The van der Waals surface area contributed by atoms with Crippen molar-refractivity contribution in [2.45, 2.75) is 0 Å². The van der Waals surface area contributed by atoms with Gasteiger partial charge in [-0.05, 0) is 36.4 Å². The van der Waals surface area contributed by atoms with Gasteiger partial charge < -0.3 is 9.80 Å². The van der Waals surface area contributed by atoms with E-state index in [9.17, 15) is 4.79 Å². The van der Waals surface area contributed by atoms with Crippen molar-refractivity contribution in [1.82, 2.24) is 24.9 Å². The zero-order chi connectivity index (χ0) is 18.8. The summed E-state index contributed by atoms with van der Waals surface area (Å²) in [6.45, 7) is 2.51. The number of piperazine rings is 1. The normalized spacial score (nSPS) is 14.4. The number of hydrogen-bond donors (Lipinski definition) is 0. The van der Waals surface area contributed by atoms with Gasteiger partial charge in [-0.25, -0.2) is 4.68 Å². The molecule has 0 atom stereocenters. The van der Waals surface area contributed by atoms with E-state index in [1.807, 2.05) is 24.4 Å². The van der Waals surface area contributed by atoms with Gasteiger partial charge in [0, 0.05) is 43.6 Å². The molecule has 2 aromatic heterocycles. The fourth-order valence-corrected chi connectivity index (χ4v) is 3.47. The quantitative estimate of drug-likeness (QED) is 0.673. The molecule has 3 aromatic rings. The van der Waals surface area contributed by atoms with E-state index in [1.54, 1.807) is 34.0 Å². The van der Waals surface area contributed by atoms with Gasteiger partial charge >= 0.3 is 0 Å². The number of anilines is 1. The Morgan fingerprint density at radius 3 is 2.33 bits per heavy atom. The maximum absolute atomic E-state index is 12.7. The first kappa shape index (κ1) is 17.8. The summed E-state index contributed by atoms with van der Waals surface area (Å²) in [6, 6.07) is 10.5. The summed E-state index contributed by atoms with van der Waals surface area (Å²) < 4.78 is 1.66. The Morgan fingerprint density at radius 1 is 0.963 bits per heavy atom. The lowest BCUT2D eigenvalue weighted by atomic mass is 10.2. The topological polar surface area (TPSA) is 67.2 Å². The second-order valence-corrected chi connectivity index (χ2v) is 6.95. The summed E-state index contributed by atoms with van der Waals surface area (Å²) in [5.41, 5.74) is 0.470. The van der Waals surface area contributed by atoms with Crippen LogP contribution in [0.15, 0.2) is 48.8 Å². The van der Waals surface area contributed by atoms with Crippen LogP contribution in [-0.4, -0.2) is 57.0 Å². The molecule has 4 rings (SSSR count). The van der Waals surface area contributed by atoms with Gasteiger partial charge in [-0.3, -0.25) is 4.79 Å². The van der Waals surface area contributed by atoms with Crippen molar-refractivity contribution in [1.29, 1.82) is 0 Å². The molecule has 1 amide bonds. The van der Waals surface area contributed by atoms with Crippen LogP contribution in [0.3, 0.4) is 0 Å². The number of hydrogen-bond acceptors (Lipinski definition) is 5. The number of nitrogens with zero attached hydrogens (tertiary/aromatic N) is 6. The molecule has 7 nitrogen and oxygen atoms in total. The number of carbonyl (C=O) groups is 1. The largest absolute Gasteiger partial charge is 0.352 e. The van der Waals surface area contributed by atoms with Crippen LogP contribution in [0.25, 0.3) is 5.82 Å². The highest BCUT2D eigenvalue weighted by Crippen LogP contribution is 2.23. The van der Waals surface area contributed by atoms with Crippen LogP contribution < -0.4 is 4.90 Å². The molecule has 0 unspecified atom stereocenters. The van der Waals surface area contributed by atoms with Gasteiger partial charge in [-0.15, -0.1) is 10.2 Å². The third kappa shape index (κ3) is 3.74. The van der Waals surface area contributed by atoms with Gasteiger partial charge in [0.05, 0.1) is 10.6 Å². The highest BCUT2D eigenvalue weighted by molar-refractivity contribution is 6.36. The molecule has 1 fully saturated rings. The minimum atomic E-state index is -0.0866. The summed E-state index contributed by atoms with van der Waals surface area (Å²) in [4.78, 5) is 16.6. The molecule has 3 heterocycles. The third-order valence-corrected chi connectivity index (χ3v) is 4.98. The Bertz CT molecular complexity index is 937. The van der Waals surface area contributed by atoms with Crippen LogP contribution in [0.2, 0.25) is 10.0 Å². The highest BCUT2D eigenvalue weighted by Gasteiger charge is 2.24.